The Hall–Kier alpha value is -1.69. The van der Waals surface area contributed by atoms with Crippen molar-refractivity contribution in [2.24, 2.45) is 0 Å². The fraction of sp³-hybridized carbons (Fsp3) is 0.0667. The fourth-order valence-corrected chi connectivity index (χ4v) is 2.77. The maximum absolute atomic E-state index is 12.6. The van der Waals surface area contributed by atoms with Gasteiger partial charge in [0.2, 0.25) is 0 Å². The normalized spacial score (nSPS) is 10.8. The molecule has 19 heavy (non-hydrogen) atoms. The van der Waals surface area contributed by atoms with Gasteiger partial charge < -0.3 is 0 Å². The first kappa shape index (κ1) is 12.3. The van der Waals surface area contributed by atoms with Gasteiger partial charge >= 0.3 is 0 Å². The van der Waals surface area contributed by atoms with E-state index >= 15 is 0 Å². The third kappa shape index (κ3) is 2.06. The lowest BCUT2D eigenvalue weighted by Crippen LogP contribution is -2.19. The van der Waals surface area contributed by atoms with Gasteiger partial charge in [-0.15, -0.1) is 0 Å². The zero-order chi connectivity index (χ0) is 13.4. The van der Waals surface area contributed by atoms with Crippen LogP contribution in [0.15, 0.2) is 53.6 Å². The first-order valence-corrected chi connectivity index (χ1v) is 6.98. The maximum atomic E-state index is 12.6. The molecule has 0 amide bonds. The van der Waals surface area contributed by atoms with E-state index in [4.69, 9.17) is 0 Å². The molecular weight excluding hydrogens is 351 g/mol. The van der Waals surface area contributed by atoms with Gasteiger partial charge in [-0.05, 0) is 53.3 Å². The number of aromatic nitrogens is 2. The number of benzene rings is 2. The molecule has 3 aromatic rings. The molecule has 0 aliphatic carbocycles. The van der Waals surface area contributed by atoms with E-state index < -0.39 is 0 Å². The largest absolute Gasteiger partial charge is 0.268 e. The van der Waals surface area contributed by atoms with Crippen molar-refractivity contribution < 1.29 is 0 Å². The molecule has 0 fully saturated rings. The Kier molecular flexibility index (Phi) is 3.10. The fourth-order valence-electron chi connectivity index (χ4n) is 2.12. The summed E-state index contributed by atoms with van der Waals surface area (Å²) in [5, 5.41) is 0.655. The van der Waals surface area contributed by atoms with Crippen LogP contribution in [-0.4, -0.2) is 9.55 Å². The van der Waals surface area contributed by atoms with Gasteiger partial charge in [0.05, 0.1) is 16.6 Å². The van der Waals surface area contributed by atoms with Gasteiger partial charge in [0.25, 0.3) is 5.56 Å². The van der Waals surface area contributed by atoms with Crippen LogP contribution in [0, 0.1) is 10.5 Å². The lowest BCUT2D eigenvalue weighted by Gasteiger charge is -2.09. The van der Waals surface area contributed by atoms with Crippen LogP contribution < -0.4 is 5.56 Å². The van der Waals surface area contributed by atoms with Crippen molar-refractivity contribution in [2.75, 3.05) is 0 Å². The minimum absolute atomic E-state index is 0.0298. The van der Waals surface area contributed by atoms with Crippen LogP contribution in [0.4, 0.5) is 0 Å². The van der Waals surface area contributed by atoms with Crippen molar-refractivity contribution in [3.05, 3.63) is 68.3 Å². The second-order valence-corrected chi connectivity index (χ2v) is 5.50. The van der Waals surface area contributed by atoms with Crippen LogP contribution in [0.1, 0.15) is 5.56 Å². The van der Waals surface area contributed by atoms with Crippen LogP contribution in [0.5, 0.6) is 0 Å². The standard InChI is InChI=1S/C15H11IN2O/c1-10-5-4-6-11-14(10)17-9-18(15(11)19)13-8-3-2-7-12(13)16/h2-9H,1H3. The minimum atomic E-state index is -0.0298. The summed E-state index contributed by atoms with van der Waals surface area (Å²) in [6, 6.07) is 13.4. The van der Waals surface area contributed by atoms with Gasteiger partial charge in [-0.1, -0.05) is 24.3 Å². The van der Waals surface area contributed by atoms with E-state index in [0.29, 0.717) is 5.39 Å². The van der Waals surface area contributed by atoms with Crippen molar-refractivity contribution in [1.29, 1.82) is 0 Å². The Morgan fingerprint density at radius 3 is 2.68 bits per heavy atom. The average molecular weight is 362 g/mol. The van der Waals surface area contributed by atoms with Crippen LogP contribution in [0.25, 0.3) is 16.6 Å². The Bertz CT molecular complexity index is 824. The molecule has 2 aromatic carbocycles. The van der Waals surface area contributed by atoms with Crippen molar-refractivity contribution in [1.82, 2.24) is 9.55 Å². The molecule has 0 atom stereocenters. The monoisotopic (exact) mass is 362 g/mol. The summed E-state index contributed by atoms with van der Waals surface area (Å²) in [6.07, 6.45) is 1.61. The molecule has 0 spiro atoms. The highest BCUT2D eigenvalue weighted by Crippen LogP contribution is 2.17. The van der Waals surface area contributed by atoms with Gasteiger partial charge in [0, 0.05) is 3.57 Å². The van der Waals surface area contributed by atoms with Crippen molar-refractivity contribution in [3.63, 3.8) is 0 Å². The van der Waals surface area contributed by atoms with Gasteiger partial charge in [-0.2, -0.15) is 0 Å². The second-order valence-electron chi connectivity index (χ2n) is 4.34. The summed E-state index contributed by atoms with van der Waals surface area (Å²) in [7, 11) is 0. The number of para-hydroxylation sites is 2. The summed E-state index contributed by atoms with van der Waals surface area (Å²) in [5.41, 5.74) is 2.63. The van der Waals surface area contributed by atoms with Crippen LogP contribution in [0.2, 0.25) is 0 Å². The molecule has 0 unspecified atom stereocenters. The Labute approximate surface area is 124 Å². The molecule has 4 heteroatoms. The number of fused-ring (bicyclic) bond motifs is 1. The molecule has 0 bridgehead atoms. The Morgan fingerprint density at radius 1 is 1.11 bits per heavy atom. The van der Waals surface area contributed by atoms with E-state index in [2.05, 4.69) is 27.6 Å². The molecular formula is C15H11IN2O. The summed E-state index contributed by atoms with van der Waals surface area (Å²) in [4.78, 5) is 17.0. The van der Waals surface area contributed by atoms with Gasteiger partial charge in [0.1, 0.15) is 6.33 Å². The predicted molar refractivity (Wildman–Crippen MR) is 84.8 cm³/mol. The van der Waals surface area contributed by atoms with Gasteiger partial charge in [-0.25, -0.2) is 4.98 Å². The highest BCUT2D eigenvalue weighted by atomic mass is 127. The molecule has 3 rings (SSSR count). The molecule has 1 heterocycles. The number of hydrogen-bond donors (Lipinski definition) is 0. The predicted octanol–water partition coefficient (Wildman–Crippen LogP) is 3.30. The van der Waals surface area contributed by atoms with E-state index in [1.165, 1.54) is 0 Å². The summed E-state index contributed by atoms with van der Waals surface area (Å²) in [6.45, 7) is 1.96. The Balaban J connectivity index is 2.37. The molecule has 0 radical (unpaired) electrons. The third-order valence-electron chi connectivity index (χ3n) is 3.10. The lowest BCUT2D eigenvalue weighted by atomic mass is 10.1. The lowest BCUT2D eigenvalue weighted by molar-refractivity contribution is 0.956. The van der Waals surface area contributed by atoms with E-state index in [0.717, 1.165) is 20.3 Å². The molecule has 0 N–H and O–H groups in total. The van der Waals surface area contributed by atoms with E-state index in [-0.39, 0.29) is 5.56 Å². The zero-order valence-corrected chi connectivity index (χ0v) is 12.5. The second kappa shape index (κ2) is 4.77. The molecule has 94 valence electrons. The first-order valence-electron chi connectivity index (χ1n) is 5.90. The van der Waals surface area contributed by atoms with Crippen LogP contribution in [0.3, 0.4) is 0 Å². The number of halogens is 1. The topological polar surface area (TPSA) is 34.9 Å². The first-order chi connectivity index (χ1) is 9.18. The number of hydrogen-bond acceptors (Lipinski definition) is 2. The van der Waals surface area contributed by atoms with E-state index in [9.17, 15) is 4.79 Å². The van der Waals surface area contributed by atoms with Gasteiger partial charge in [-0.3, -0.25) is 9.36 Å². The SMILES string of the molecule is Cc1cccc2c(=O)n(-c3ccccc3I)cnc12. The molecule has 0 saturated carbocycles. The summed E-state index contributed by atoms with van der Waals surface area (Å²) < 4.78 is 2.62. The van der Waals surface area contributed by atoms with Crippen molar-refractivity contribution in [3.8, 4) is 5.69 Å². The van der Waals surface area contributed by atoms with Gasteiger partial charge in [0.15, 0.2) is 0 Å². The maximum Gasteiger partial charge on any atom is 0.265 e. The minimum Gasteiger partial charge on any atom is -0.268 e. The highest BCUT2D eigenvalue weighted by Gasteiger charge is 2.08. The van der Waals surface area contributed by atoms with E-state index in [1.807, 2.05) is 49.4 Å². The van der Waals surface area contributed by atoms with Crippen LogP contribution in [-0.2, 0) is 0 Å². The number of aryl methyl sites for hydroxylation is 1. The quantitative estimate of drug-likeness (QED) is 0.623. The van der Waals surface area contributed by atoms with E-state index in [1.54, 1.807) is 10.9 Å². The summed E-state index contributed by atoms with van der Waals surface area (Å²) >= 11 is 2.22. The molecule has 1 aromatic heterocycles. The average Bonchev–Trinajstić information content (AvgIpc) is 2.41. The molecule has 0 aliphatic heterocycles. The molecule has 0 saturated heterocycles. The molecule has 0 aliphatic rings. The molecule has 3 nitrogen and oxygen atoms in total. The number of rotatable bonds is 1. The zero-order valence-electron chi connectivity index (χ0n) is 10.3. The summed E-state index contributed by atoms with van der Waals surface area (Å²) in [5.74, 6) is 0. The Morgan fingerprint density at radius 2 is 1.89 bits per heavy atom. The highest BCUT2D eigenvalue weighted by molar-refractivity contribution is 14.1. The third-order valence-corrected chi connectivity index (χ3v) is 4.01. The number of nitrogens with zero attached hydrogens (tertiary/aromatic N) is 2. The smallest absolute Gasteiger partial charge is 0.265 e. The van der Waals surface area contributed by atoms with Crippen LogP contribution >= 0.6 is 22.6 Å². The van der Waals surface area contributed by atoms with Crippen molar-refractivity contribution in [2.45, 2.75) is 6.92 Å². The van der Waals surface area contributed by atoms with Crippen molar-refractivity contribution >= 4 is 33.5 Å².